The molecule has 4 N–H and O–H groups in total. The van der Waals surface area contributed by atoms with Crippen molar-refractivity contribution in [1.29, 1.82) is 5.26 Å². The molecule has 2 atom stereocenters. The number of nitriles is 1. The molecule has 7 nitrogen and oxygen atoms in total. The number of nitrogens with one attached hydrogen (secondary N) is 3. The zero-order valence-electron chi connectivity index (χ0n) is 16.4. The Hall–Kier alpha value is -3.34. The fourth-order valence-corrected chi connectivity index (χ4v) is 3.52. The van der Waals surface area contributed by atoms with Gasteiger partial charge in [-0.25, -0.2) is 14.2 Å². The minimum absolute atomic E-state index is 0.00454. The first-order valence-corrected chi connectivity index (χ1v) is 9.57. The number of hydrogen-bond donors (Lipinski definition) is 4. The second-order valence-corrected chi connectivity index (χ2v) is 7.42. The van der Waals surface area contributed by atoms with Gasteiger partial charge >= 0.3 is 6.09 Å². The van der Waals surface area contributed by atoms with Gasteiger partial charge in [0.05, 0.1) is 11.6 Å². The van der Waals surface area contributed by atoms with E-state index in [2.05, 4.69) is 20.9 Å². The average molecular weight is 397 g/mol. The Morgan fingerprint density at radius 1 is 1.34 bits per heavy atom. The first-order chi connectivity index (χ1) is 13.9. The van der Waals surface area contributed by atoms with Gasteiger partial charge in [-0.1, -0.05) is 18.6 Å². The van der Waals surface area contributed by atoms with E-state index in [1.165, 1.54) is 0 Å². The molecule has 1 saturated carbocycles. The van der Waals surface area contributed by atoms with Crippen LogP contribution in [0.25, 0.3) is 0 Å². The Morgan fingerprint density at radius 2 is 2.10 bits per heavy atom. The van der Waals surface area contributed by atoms with E-state index in [1.807, 2.05) is 37.3 Å². The molecule has 1 aliphatic carbocycles. The molecular weight excluding hydrogens is 373 g/mol. The number of anilines is 3. The van der Waals surface area contributed by atoms with Gasteiger partial charge in [0.1, 0.15) is 6.07 Å². The highest BCUT2D eigenvalue weighted by Gasteiger charge is 2.33. The molecule has 29 heavy (non-hydrogen) atoms. The van der Waals surface area contributed by atoms with Crippen LogP contribution in [0.4, 0.5) is 26.5 Å². The summed E-state index contributed by atoms with van der Waals surface area (Å²) in [5, 5.41) is 27.0. The summed E-state index contributed by atoms with van der Waals surface area (Å²) in [6, 6.07) is 9.92. The Labute approximate surface area is 169 Å². The van der Waals surface area contributed by atoms with Crippen molar-refractivity contribution in [1.82, 2.24) is 10.3 Å². The molecule has 1 fully saturated rings. The molecule has 1 heterocycles. The molecule has 1 aromatic carbocycles. The molecule has 3 rings (SSSR count). The number of aromatic nitrogens is 1. The van der Waals surface area contributed by atoms with Crippen LogP contribution in [-0.4, -0.2) is 28.3 Å². The molecule has 0 radical (unpaired) electrons. The third-order valence-electron chi connectivity index (χ3n) is 5.23. The van der Waals surface area contributed by atoms with Gasteiger partial charge in [-0.05, 0) is 56.4 Å². The third-order valence-corrected chi connectivity index (χ3v) is 5.23. The van der Waals surface area contributed by atoms with E-state index >= 15 is 0 Å². The van der Waals surface area contributed by atoms with Gasteiger partial charge in [-0.3, -0.25) is 0 Å². The molecule has 2 aromatic rings. The van der Waals surface area contributed by atoms with Crippen molar-refractivity contribution in [2.45, 2.75) is 45.2 Å². The van der Waals surface area contributed by atoms with Gasteiger partial charge in [-0.2, -0.15) is 5.26 Å². The monoisotopic (exact) mass is 397 g/mol. The standard InChI is InChI=1S/C21H24FN5O2/c1-12-5-3-8-16(9-12)25-19-15(11-23)10-17(22)20(27-19)26-18(14-6-4-7-14)13(2)24-21(28)29/h3,5,8-10,13-14,18,24H,4,6-7H2,1-2H3,(H,28,29)(H2,25,26,27)/t13-,18+/m0/s1. The summed E-state index contributed by atoms with van der Waals surface area (Å²) >= 11 is 0. The van der Waals surface area contributed by atoms with Crippen molar-refractivity contribution in [3.63, 3.8) is 0 Å². The lowest BCUT2D eigenvalue weighted by Gasteiger charge is -2.38. The van der Waals surface area contributed by atoms with Crippen LogP contribution in [0.2, 0.25) is 0 Å². The Kier molecular flexibility index (Phi) is 6.17. The van der Waals surface area contributed by atoms with E-state index in [-0.39, 0.29) is 29.2 Å². The predicted octanol–water partition coefficient (Wildman–Crippen LogP) is 4.38. The number of carbonyl (C=O) groups is 1. The molecular formula is C21H24FN5O2. The van der Waals surface area contributed by atoms with Crippen LogP contribution in [0.15, 0.2) is 30.3 Å². The highest BCUT2D eigenvalue weighted by molar-refractivity contribution is 5.66. The van der Waals surface area contributed by atoms with Crippen LogP contribution in [0.5, 0.6) is 0 Å². The zero-order valence-corrected chi connectivity index (χ0v) is 16.4. The van der Waals surface area contributed by atoms with Crippen LogP contribution >= 0.6 is 0 Å². The Bertz CT molecular complexity index is 939. The summed E-state index contributed by atoms with van der Waals surface area (Å²) in [7, 11) is 0. The van der Waals surface area contributed by atoms with Gasteiger partial charge in [0, 0.05) is 11.7 Å². The first-order valence-electron chi connectivity index (χ1n) is 9.57. The van der Waals surface area contributed by atoms with E-state index < -0.39 is 18.0 Å². The molecule has 1 aromatic heterocycles. The molecule has 152 valence electrons. The van der Waals surface area contributed by atoms with Gasteiger partial charge in [0.15, 0.2) is 17.5 Å². The maximum atomic E-state index is 14.7. The van der Waals surface area contributed by atoms with Crippen LogP contribution < -0.4 is 16.0 Å². The van der Waals surface area contributed by atoms with Gasteiger partial charge < -0.3 is 21.1 Å². The van der Waals surface area contributed by atoms with E-state index in [1.54, 1.807) is 6.92 Å². The van der Waals surface area contributed by atoms with Crippen LogP contribution in [-0.2, 0) is 0 Å². The number of amides is 1. The van der Waals surface area contributed by atoms with Crippen molar-refractivity contribution in [2.24, 2.45) is 5.92 Å². The van der Waals surface area contributed by atoms with Crippen LogP contribution in [0.3, 0.4) is 0 Å². The van der Waals surface area contributed by atoms with E-state index in [9.17, 15) is 14.4 Å². The van der Waals surface area contributed by atoms with E-state index in [0.717, 1.165) is 36.6 Å². The SMILES string of the molecule is Cc1cccc(Nc2nc(N[C@@H](C3CCC3)[C@H](C)NC(=O)O)c(F)cc2C#N)c1. The summed E-state index contributed by atoms with van der Waals surface area (Å²) in [6.45, 7) is 3.69. The molecule has 0 bridgehead atoms. The lowest BCUT2D eigenvalue weighted by Crippen LogP contribution is -2.50. The van der Waals surface area contributed by atoms with Crippen molar-refractivity contribution >= 4 is 23.4 Å². The number of hydrogen-bond acceptors (Lipinski definition) is 5. The number of nitrogens with zero attached hydrogens (tertiary/aromatic N) is 2. The molecule has 0 aliphatic heterocycles. The van der Waals surface area contributed by atoms with E-state index in [0.29, 0.717) is 0 Å². The normalized spacial score (nSPS) is 15.5. The van der Waals surface area contributed by atoms with Crippen LogP contribution in [0, 0.1) is 30.0 Å². The van der Waals surface area contributed by atoms with Crippen LogP contribution in [0.1, 0.15) is 37.3 Å². The molecule has 8 heteroatoms. The highest BCUT2D eigenvalue weighted by atomic mass is 19.1. The minimum Gasteiger partial charge on any atom is -0.465 e. The summed E-state index contributed by atoms with van der Waals surface area (Å²) in [5.74, 6) is -0.187. The van der Waals surface area contributed by atoms with Crippen molar-refractivity contribution in [2.75, 3.05) is 10.6 Å². The number of aryl methyl sites for hydroxylation is 1. The smallest absolute Gasteiger partial charge is 0.404 e. The maximum Gasteiger partial charge on any atom is 0.404 e. The lowest BCUT2D eigenvalue weighted by molar-refractivity contribution is 0.180. The largest absolute Gasteiger partial charge is 0.465 e. The summed E-state index contributed by atoms with van der Waals surface area (Å²) in [6.07, 6.45) is 1.82. The maximum absolute atomic E-state index is 14.7. The summed E-state index contributed by atoms with van der Waals surface area (Å²) in [5.41, 5.74) is 1.86. The van der Waals surface area contributed by atoms with Crippen molar-refractivity contribution in [3.05, 3.63) is 47.3 Å². The van der Waals surface area contributed by atoms with Crippen molar-refractivity contribution in [3.8, 4) is 6.07 Å². The van der Waals surface area contributed by atoms with Gasteiger partial charge in [0.2, 0.25) is 0 Å². The first kappa shape index (κ1) is 20.4. The number of carboxylic acid groups (broad SMARTS) is 1. The lowest BCUT2D eigenvalue weighted by atomic mass is 9.77. The fraction of sp³-hybridized carbons (Fsp3) is 0.381. The second kappa shape index (κ2) is 8.78. The average Bonchev–Trinajstić information content (AvgIpc) is 2.61. The molecule has 1 aliphatic rings. The summed E-state index contributed by atoms with van der Waals surface area (Å²) in [4.78, 5) is 15.4. The highest BCUT2D eigenvalue weighted by Crippen LogP contribution is 2.33. The molecule has 1 amide bonds. The topological polar surface area (TPSA) is 110 Å². The minimum atomic E-state index is -1.13. The quantitative estimate of drug-likeness (QED) is 0.552. The van der Waals surface area contributed by atoms with Gasteiger partial charge in [-0.15, -0.1) is 0 Å². The predicted molar refractivity (Wildman–Crippen MR) is 109 cm³/mol. The summed E-state index contributed by atoms with van der Waals surface area (Å²) < 4.78 is 14.7. The molecule has 0 spiro atoms. The fourth-order valence-electron chi connectivity index (χ4n) is 3.52. The number of halogens is 1. The number of pyridine rings is 1. The second-order valence-electron chi connectivity index (χ2n) is 7.42. The number of benzene rings is 1. The third kappa shape index (κ3) is 4.93. The zero-order chi connectivity index (χ0) is 21.0. The number of rotatable bonds is 7. The van der Waals surface area contributed by atoms with E-state index in [4.69, 9.17) is 5.11 Å². The Morgan fingerprint density at radius 3 is 2.69 bits per heavy atom. The molecule has 0 unspecified atom stereocenters. The molecule has 0 saturated heterocycles. The van der Waals surface area contributed by atoms with Gasteiger partial charge in [0.25, 0.3) is 0 Å². The van der Waals surface area contributed by atoms with Crippen molar-refractivity contribution < 1.29 is 14.3 Å². The Balaban J connectivity index is 1.89.